The summed E-state index contributed by atoms with van der Waals surface area (Å²) in [5, 5.41) is 6.08. The molecule has 4 aromatic heterocycles. The molecule has 0 atom stereocenters. The predicted octanol–water partition coefficient (Wildman–Crippen LogP) is 4.35. The highest BCUT2D eigenvalue weighted by Crippen LogP contribution is 2.27. The van der Waals surface area contributed by atoms with Gasteiger partial charge in [0.1, 0.15) is 0 Å². The molecule has 0 spiro atoms. The smallest absolute Gasteiger partial charge is 0.177 e. The van der Waals surface area contributed by atoms with Crippen LogP contribution in [0.4, 0.5) is 5.69 Å². The van der Waals surface area contributed by atoms with Crippen molar-refractivity contribution in [3.8, 4) is 11.3 Å². The molecule has 0 unspecified atom stereocenters. The monoisotopic (exact) mass is 465 g/mol. The Morgan fingerprint density at radius 3 is 2.74 bits per heavy atom. The molecule has 0 amide bonds. The Kier molecular flexibility index (Phi) is 5.50. The summed E-state index contributed by atoms with van der Waals surface area (Å²) in [6, 6.07) is 12.4. The van der Waals surface area contributed by atoms with Crippen molar-refractivity contribution in [1.82, 2.24) is 24.6 Å². The third-order valence-corrected chi connectivity index (χ3v) is 6.61. The van der Waals surface area contributed by atoms with Gasteiger partial charge in [0.2, 0.25) is 0 Å². The quantitative estimate of drug-likeness (QED) is 0.390. The van der Waals surface area contributed by atoms with Crippen molar-refractivity contribution in [3.05, 3.63) is 77.5 Å². The summed E-state index contributed by atoms with van der Waals surface area (Å²) in [6.45, 7) is 7.81. The molecule has 1 saturated heterocycles. The predicted molar refractivity (Wildman–Crippen MR) is 138 cm³/mol. The molecular formula is C27H27N7O. The highest BCUT2D eigenvalue weighted by Gasteiger charge is 2.18. The number of H-pyrrole nitrogens is 1. The molecule has 0 aliphatic carbocycles. The fourth-order valence-corrected chi connectivity index (χ4v) is 4.59. The van der Waals surface area contributed by atoms with Crippen LogP contribution in [0.5, 0.6) is 0 Å². The Bertz CT molecular complexity index is 1530. The molecule has 5 aromatic rings. The van der Waals surface area contributed by atoms with Crippen molar-refractivity contribution in [3.63, 3.8) is 0 Å². The number of fused-ring (bicyclic) bond motifs is 2. The van der Waals surface area contributed by atoms with Gasteiger partial charge in [-0.05, 0) is 55.3 Å². The summed E-state index contributed by atoms with van der Waals surface area (Å²) >= 11 is 0. The molecule has 1 N–H and O–H groups in total. The Morgan fingerprint density at radius 2 is 1.91 bits per heavy atom. The molecule has 1 aliphatic heterocycles. The molecule has 1 aliphatic rings. The fraction of sp³-hybridized carbons (Fsp3) is 0.259. The summed E-state index contributed by atoms with van der Waals surface area (Å²) in [7, 11) is 0. The van der Waals surface area contributed by atoms with E-state index in [0.717, 1.165) is 52.5 Å². The molecule has 35 heavy (non-hydrogen) atoms. The van der Waals surface area contributed by atoms with Gasteiger partial charge in [0.15, 0.2) is 5.65 Å². The van der Waals surface area contributed by atoms with Gasteiger partial charge >= 0.3 is 0 Å². The van der Waals surface area contributed by atoms with E-state index in [1.807, 2.05) is 29.1 Å². The normalized spacial score (nSPS) is 14.5. The Morgan fingerprint density at radius 1 is 1.09 bits per heavy atom. The summed E-state index contributed by atoms with van der Waals surface area (Å²) in [5.41, 5.74) is 9.41. The number of aromatic nitrogens is 5. The fourth-order valence-electron chi connectivity index (χ4n) is 4.59. The maximum Gasteiger partial charge on any atom is 0.177 e. The molecule has 1 aromatic carbocycles. The number of nitrogens with one attached hydrogen (secondary N) is 1. The van der Waals surface area contributed by atoms with E-state index in [1.165, 1.54) is 16.6 Å². The molecular weight excluding hydrogens is 438 g/mol. The summed E-state index contributed by atoms with van der Waals surface area (Å²) in [5.74, 6) is 0. The number of aliphatic imine (C=N–C) groups is 1. The van der Waals surface area contributed by atoms with Gasteiger partial charge in [-0.3, -0.25) is 9.98 Å². The number of hydrogen-bond donors (Lipinski definition) is 1. The number of ether oxygens (including phenoxy) is 1. The van der Waals surface area contributed by atoms with Crippen molar-refractivity contribution >= 4 is 28.5 Å². The molecule has 8 nitrogen and oxygen atoms in total. The zero-order valence-electron chi connectivity index (χ0n) is 19.9. The van der Waals surface area contributed by atoms with Crippen LogP contribution in [0.2, 0.25) is 0 Å². The lowest BCUT2D eigenvalue weighted by Gasteiger charge is -2.29. The van der Waals surface area contributed by atoms with Gasteiger partial charge in [-0.25, -0.2) is 9.50 Å². The number of aryl methyl sites for hydroxylation is 2. The van der Waals surface area contributed by atoms with Crippen LogP contribution in [0.3, 0.4) is 0 Å². The van der Waals surface area contributed by atoms with Crippen molar-refractivity contribution in [2.45, 2.75) is 20.4 Å². The highest BCUT2D eigenvalue weighted by molar-refractivity contribution is 5.91. The van der Waals surface area contributed by atoms with Crippen LogP contribution in [0.15, 0.2) is 60.0 Å². The van der Waals surface area contributed by atoms with Crippen molar-refractivity contribution < 1.29 is 4.74 Å². The van der Waals surface area contributed by atoms with Crippen LogP contribution >= 0.6 is 0 Å². The maximum absolute atomic E-state index is 5.58. The van der Waals surface area contributed by atoms with Crippen LogP contribution in [-0.2, 0) is 11.3 Å². The van der Waals surface area contributed by atoms with Gasteiger partial charge in [-0.2, -0.15) is 5.10 Å². The first-order valence-electron chi connectivity index (χ1n) is 11.9. The molecule has 1 fully saturated rings. The first-order valence-corrected chi connectivity index (χ1v) is 11.9. The van der Waals surface area contributed by atoms with E-state index in [-0.39, 0.29) is 0 Å². The van der Waals surface area contributed by atoms with Crippen LogP contribution in [-0.4, -0.2) is 57.1 Å². The molecule has 5 heterocycles. The number of hydrogen-bond acceptors (Lipinski definition) is 6. The van der Waals surface area contributed by atoms with Crippen molar-refractivity contribution in [1.29, 1.82) is 0 Å². The van der Waals surface area contributed by atoms with Crippen LogP contribution in [0, 0.1) is 13.8 Å². The van der Waals surface area contributed by atoms with Gasteiger partial charge < -0.3 is 14.6 Å². The Labute approximate surface area is 203 Å². The second kappa shape index (κ2) is 8.96. The minimum absolute atomic E-state index is 0.485. The molecule has 6 rings (SSSR count). The van der Waals surface area contributed by atoms with Crippen LogP contribution in [0.25, 0.3) is 27.8 Å². The molecule has 8 heteroatoms. The lowest BCUT2D eigenvalue weighted by molar-refractivity contribution is 0.123. The number of aromatic amines is 1. The third kappa shape index (κ3) is 4.17. The molecule has 0 saturated carbocycles. The lowest BCUT2D eigenvalue weighted by Crippen LogP contribution is -2.36. The Balaban J connectivity index is 1.33. The Hall–Kier alpha value is -4.04. The minimum Gasteiger partial charge on any atom is -0.378 e. The summed E-state index contributed by atoms with van der Waals surface area (Å²) < 4.78 is 7.45. The highest BCUT2D eigenvalue weighted by atomic mass is 16.5. The van der Waals surface area contributed by atoms with Crippen LogP contribution < -0.4 is 4.90 Å². The second-order valence-electron chi connectivity index (χ2n) is 8.90. The largest absolute Gasteiger partial charge is 0.378 e. The number of benzene rings is 1. The van der Waals surface area contributed by atoms with E-state index in [9.17, 15) is 0 Å². The number of nitrogens with zero attached hydrogens (tertiary/aromatic N) is 6. The average Bonchev–Trinajstić information content (AvgIpc) is 3.45. The SMILES string of the molecule is Cc1[nH]c2ccc(C=NCc3cc(N4CCOCC4)c4nc(-c5ccncc5)cn4n3)cc2c1C. The number of pyridine rings is 1. The van der Waals surface area contributed by atoms with Gasteiger partial charge in [-0.15, -0.1) is 0 Å². The van der Waals surface area contributed by atoms with E-state index in [4.69, 9.17) is 19.8 Å². The van der Waals surface area contributed by atoms with Crippen molar-refractivity contribution in [2.24, 2.45) is 4.99 Å². The second-order valence-corrected chi connectivity index (χ2v) is 8.90. The van der Waals surface area contributed by atoms with Crippen LogP contribution in [0.1, 0.15) is 22.5 Å². The third-order valence-electron chi connectivity index (χ3n) is 6.61. The van der Waals surface area contributed by atoms with Gasteiger partial charge in [0.25, 0.3) is 0 Å². The van der Waals surface area contributed by atoms with E-state index >= 15 is 0 Å². The van der Waals surface area contributed by atoms with E-state index in [2.05, 4.69) is 53.0 Å². The number of morpholine rings is 1. The zero-order valence-corrected chi connectivity index (χ0v) is 19.9. The van der Waals surface area contributed by atoms with E-state index in [0.29, 0.717) is 19.8 Å². The first-order chi connectivity index (χ1) is 17.2. The van der Waals surface area contributed by atoms with E-state index in [1.54, 1.807) is 12.4 Å². The zero-order chi connectivity index (χ0) is 23.8. The molecule has 0 bridgehead atoms. The average molecular weight is 466 g/mol. The molecule has 0 radical (unpaired) electrons. The summed E-state index contributed by atoms with van der Waals surface area (Å²) in [6.07, 6.45) is 7.47. The van der Waals surface area contributed by atoms with Gasteiger partial charge in [0, 0.05) is 53.9 Å². The number of anilines is 1. The topological polar surface area (TPSA) is 83.7 Å². The standard InChI is InChI=1S/C27H27N7O/c1-18-19(2)30-24-4-3-20(13-23(18)24)15-29-16-22-14-26(33-9-11-35-12-10-33)27-31-25(17-34(27)32-22)21-5-7-28-8-6-21/h3-8,13-15,17,30H,9-12,16H2,1-2H3. The van der Waals surface area contributed by atoms with Crippen molar-refractivity contribution in [2.75, 3.05) is 31.2 Å². The lowest BCUT2D eigenvalue weighted by atomic mass is 10.1. The summed E-state index contributed by atoms with van der Waals surface area (Å²) in [4.78, 5) is 19.5. The maximum atomic E-state index is 5.58. The van der Waals surface area contributed by atoms with E-state index < -0.39 is 0 Å². The number of imidazole rings is 1. The minimum atomic E-state index is 0.485. The first kappa shape index (κ1) is 21.5. The molecule has 176 valence electrons. The van der Waals surface area contributed by atoms with Gasteiger partial charge in [-0.1, -0.05) is 6.07 Å². The number of rotatable bonds is 5. The van der Waals surface area contributed by atoms with Gasteiger partial charge in [0.05, 0.1) is 43.0 Å².